The molecule has 3 aromatic carbocycles. The summed E-state index contributed by atoms with van der Waals surface area (Å²) in [6.07, 6.45) is -4.44. The van der Waals surface area contributed by atoms with Gasteiger partial charge in [0.2, 0.25) is 0 Å². The Bertz CT molecular complexity index is 849. The molecule has 5 heteroatoms. The van der Waals surface area contributed by atoms with Crippen molar-refractivity contribution in [1.82, 2.24) is 4.90 Å². The maximum absolute atomic E-state index is 14.1. The fourth-order valence-corrected chi connectivity index (χ4v) is 3.33. The van der Waals surface area contributed by atoms with Crippen molar-refractivity contribution in [2.45, 2.75) is 31.7 Å². The Morgan fingerprint density at radius 1 is 0.679 bits per heavy atom. The molecule has 146 valence electrons. The fraction of sp³-hybridized carbons (Fsp3) is 0.217. The second-order valence-corrected chi connectivity index (χ2v) is 7.20. The Labute approximate surface area is 168 Å². The highest BCUT2D eigenvalue weighted by Crippen LogP contribution is 2.30. The minimum Gasteiger partial charge on any atom is -0.283 e. The molecule has 0 fully saturated rings. The first kappa shape index (κ1) is 20.4. The molecule has 0 heterocycles. The van der Waals surface area contributed by atoms with Crippen LogP contribution < -0.4 is 0 Å². The summed E-state index contributed by atoms with van der Waals surface area (Å²) in [7, 11) is 0. The van der Waals surface area contributed by atoms with Gasteiger partial charge in [-0.15, -0.1) is 0 Å². The lowest BCUT2D eigenvalue weighted by molar-refractivity contribution is -0.187. The van der Waals surface area contributed by atoms with Gasteiger partial charge in [-0.3, -0.25) is 4.90 Å². The van der Waals surface area contributed by atoms with Crippen LogP contribution in [-0.4, -0.2) is 17.1 Å². The zero-order chi connectivity index (χ0) is 20.0. The number of rotatable bonds is 7. The summed E-state index contributed by atoms with van der Waals surface area (Å²) in [4.78, 5) is 1.49. The maximum atomic E-state index is 14.1. The lowest BCUT2D eigenvalue weighted by Gasteiger charge is -2.33. The van der Waals surface area contributed by atoms with Gasteiger partial charge in [0.15, 0.2) is 0 Å². The molecule has 0 aromatic heterocycles. The molecule has 0 aliphatic carbocycles. The van der Waals surface area contributed by atoms with Gasteiger partial charge < -0.3 is 0 Å². The Morgan fingerprint density at radius 2 is 1.14 bits per heavy atom. The highest BCUT2D eigenvalue weighted by Gasteiger charge is 2.43. The average Bonchev–Trinajstić information content (AvgIpc) is 2.68. The Kier molecular flexibility index (Phi) is 6.76. The highest BCUT2D eigenvalue weighted by atomic mass is 35.5. The van der Waals surface area contributed by atoms with E-state index >= 15 is 0 Å². The first-order valence-electron chi connectivity index (χ1n) is 9.05. The van der Waals surface area contributed by atoms with Crippen molar-refractivity contribution >= 4 is 11.6 Å². The van der Waals surface area contributed by atoms with Crippen LogP contribution >= 0.6 is 11.6 Å². The maximum Gasteiger partial charge on any atom is 0.404 e. The van der Waals surface area contributed by atoms with Crippen molar-refractivity contribution < 1.29 is 13.2 Å². The normalized spacial score (nSPS) is 12.9. The molecule has 0 aliphatic heterocycles. The van der Waals surface area contributed by atoms with E-state index in [4.69, 9.17) is 11.6 Å². The van der Waals surface area contributed by atoms with Gasteiger partial charge in [0.1, 0.15) is 6.04 Å². The lowest BCUT2D eigenvalue weighted by atomic mass is 10.0. The zero-order valence-electron chi connectivity index (χ0n) is 15.2. The van der Waals surface area contributed by atoms with Gasteiger partial charge in [-0.05, 0) is 35.2 Å². The predicted molar refractivity (Wildman–Crippen MR) is 107 cm³/mol. The molecule has 0 saturated heterocycles. The zero-order valence-corrected chi connectivity index (χ0v) is 16.0. The van der Waals surface area contributed by atoms with Crippen molar-refractivity contribution in [2.24, 2.45) is 0 Å². The number of benzene rings is 3. The van der Waals surface area contributed by atoms with Crippen LogP contribution in [0.15, 0.2) is 84.9 Å². The topological polar surface area (TPSA) is 3.24 Å². The molecule has 28 heavy (non-hydrogen) atoms. The van der Waals surface area contributed by atoms with Crippen LogP contribution in [0.1, 0.15) is 16.7 Å². The quantitative estimate of drug-likeness (QED) is 0.434. The van der Waals surface area contributed by atoms with Gasteiger partial charge in [0.05, 0.1) is 0 Å². The minimum absolute atomic E-state index is 0.0925. The van der Waals surface area contributed by atoms with Crippen LogP contribution in [0.4, 0.5) is 13.2 Å². The van der Waals surface area contributed by atoms with Crippen molar-refractivity contribution in [3.8, 4) is 0 Å². The Morgan fingerprint density at radius 3 is 1.64 bits per heavy atom. The summed E-state index contributed by atoms with van der Waals surface area (Å²) in [5.41, 5.74) is 2.31. The third kappa shape index (κ3) is 5.85. The van der Waals surface area contributed by atoms with E-state index < -0.39 is 12.2 Å². The molecule has 0 saturated carbocycles. The first-order chi connectivity index (χ1) is 13.4. The molecule has 1 nitrogen and oxygen atoms in total. The summed E-state index contributed by atoms with van der Waals surface area (Å²) in [6.45, 7) is 0.392. The second kappa shape index (κ2) is 9.26. The van der Waals surface area contributed by atoms with Gasteiger partial charge in [-0.25, -0.2) is 0 Å². The fourth-order valence-electron chi connectivity index (χ4n) is 3.21. The van der Waals surface area contributed by atoms with E-state index in [2.05, 4.69) is 0 Å². The third-order valence-electron chi connectivity index (χ3n) is 4.62. The average molecular weight is 404 g/mol. The van der Waals surface area contributed by atoms with Gasteiger partial charge in [0, 0.05) is 18.1 Å². The van der Waals surface area contributed by atoms with E-state index in [1.807, 2.05) is 36.4 Å². The number of halogens is 4. The van der Waals surface area contributed by atoms with E-state index in [1.54, 1.807) is 48.5 Å². The molecule has 3 rings (SSSR count). The van der Waals surface area contributed by atoms with E-state index in [0.717, 1.165) is 11.1 Å². The summed E-state index contributed by atoms with van der Waals surface area (Å²) in [6, 6.07) is 23.4. The first-order valence-corrected chi connectivity index (χ1v) is 9.42. The Balaban J connectivity index is 1.91. The molecule has 1 atom stereocenters. The molecule has 3 aromatic rings. The van der Waals surface area contributed by atoms with Gasteiger partial charge in [-0.1, -0.05) is 84.4 Å². The standard InChI is InChI=1S/C23H21ClF3N/c24-21-13-11-20(12-14-21)17-28(16-19-9-5-2-6-10-19)22(23(25,26)27)15-18-7-3-1-4-8-18/h1-14,22H,15-17H2. The molecule has 0 bridgehead atoms. The van der Waals surface area contributed by atoms with Crippen molar-refractivity contribution in [1.29, 1.82) is 0 Å². The largest absolute Gasteiger partial charge is 0.404 e. The highest BCUT2D eigenvalue weighted by molar-refractivity contribution is 6.30. The van der Waals surface area contributed by atoms with Crippen LogP contribution in [0.3, 0.4) is 0 Å². The molecule has 0 spiro atoms. The SMILES string of the molecule is FC(F)(F)C(Cc1ccccc1)N(Cc1ccccc1)Cc1ccc(Cl)cc1. The summed E-state index contributed by atoms with van der Waals surface area (Å²) in [5, 5.41) is 0.565. The van der Waals surface area contributed by atoms with Crippen molar-refractivity contribution in [3.63, 3.8) is 0 Å². The molecular formula is C23H21ClF3N. The molecular weight excluding hydrogens is 383 g/mol. The molecule has 0 N–H and O–H groups in total. The van der Waals surface area contributed by atoms with Gasteiger partial charge in [-0.2, -0.15) is 13.2 Å². The van der Waals surface area contributed by atoms with E-state index in [0.29, 0.717) is 10.6 Å². The van der Waals surface area contributed by atoms with Crippen LogP contribution in [0.5, 0.6) is 0 Å². The molecule has 1 unspecified atom stereocenters. The lowest BCUT2D eigenvalue weighted by Crippen LogP contribution is -2.46. The molecule has 0 amide bonds. The van der Waals surface area contributed by atoms with Crippen LogP contribution in [0.2, 0.25) is 5.02 Å². The Hall–Kier alpha value is -2.30. The summed E-state index contributed by atoms with van der Waals surface area (Å²) in [5.74, 6) is 0. The smallest absolute Gasteiger partial charge is 0.283 e. The third-order valence-corrected chi connectivity index (χ3v) is 4.87. The van der Waals surface area contributed by atoms with Crippen LogP contribution in [-0.2, 0) is 19.5 Å². The van der Waals surface area contributed by atoms with E-state index in [-0.39, 0.29) is 19.5 Å². The monoisotopic (exact) mass is 403 g/mol. The van der Waals surface area contributed by atoms with Gasteiger partial charge in [0.25, 0.3) is 0 Å². The number of hydrogen-bond donors (Lipinski definition) is 0. The van der Waals surface area contributed by atoms with E-state index in [9.17, 15) is 13.2 Å². The molecule has 0 aliphatic rings. The van der Waals surface area contributed by atoms with Crippen LogP contribution in [0.25, 0.3) is 0 Å². The number of alkyl halides is 3. The molecule has 0 radical (unpaired) electrons. The summed E-state index contributed by atoms with van der Waals surface area (Å²) >= 11 is 5.93. The summed E-state index contributed by atoms with van der Waals surface area (Å²) < 4.78 is 42.2. The second-order valence-electron chi connectivity index (χ2n) is 6.76. The van der Waals surface area contributed by atoms with Gasteiger partial charge >= 0.3 is 6.18 Å². The van der Waals surface area contributed by atoms with Crippen LogP contribution in [0, 0.1) is 0 Å². The minimum atomic E-state index is -4.35. The van der Waals surface area contributed by atoms with E-state index in [1.165, 1.54) is 4.90 Å². The predicted octanol–water partition coefficient (Wildman–Crippen LogP) is 6.52. The van der Waals surface area contributed by atoms with Crippen molar-refractivity contribution in [3.05, 3.63) is 107 Å². The number of hydrogen-bond acceptors (Lipinski definition) is 1. The van der Waals surface area contributed by atoms with Crippen molar-refractivity contribution in [2.75, 3.05) is 0 Å². The number of nitrogens with zero attached hydrogens (tertiary/aromatic N) is 1.